The first-order valence-electron chi connectivity index (χ1n) is 9.07. The molecule has 0 unspecified atom stereocenters. The highest BCUT2D eigenvalue weighted by molar-refractivity contribution is 9.10. The fourth-order valence-electron chi connectivity index (χ4n) is 3.26. The molecule has 8 heteroatoms. The van der Waals surface area contributed by atoms with Crippen molar-refractivity contribution < 1.29 is 13.2 Å². The maximum atomic E-state index is 12.8. The summed E-state index contributed by atoms with van der Waals surface area (Å²) in [7, 11) is -3.57. The summed E-state index contributed by atoms with van der Waals surface area (Å²) in [6.07, 6.45) is 1.13. The van der Waals surface area contributed by atoms with Crippen LogP contribution < -0.4 is 9.21 Å². The number of piperazine rings is 1. The van der Waals surface area contributed by atoms with E-state index < -0.39 is 10.0 Å². The SMILES string of the molecule is Cc1cc(N(CC(=O)N2CCN(c3ccccc3)CC2)S(C)(=O)=O)ccc1Br. The molecule has 0 aliphatic carbocycles. The van der Waals surface area contributed by atoms with Gasteiger partial charge in [0.2, 0.25) is 15.9 Å². The van der Waals surface area contributed by atoms with Crippen LogP contribution in [-0.4, -0.2) is 58.2 Å². The zero-order chi connectivity index (χ0) is 20.3. The van der Waals surface area contributed by atoms with Crippen molar-refractivity contribution in [1.29, 1.82) is 0 Å². The maximum Gasteiger partial charge on any atom is 0.243 e. The van der Waals surface area contributed by atoms with Crippen LogP contribution in [0.4, 0.5) is 11.4 Å². The zero-order valence-electron chi connectivity index (χ0n) is 16.0. The molecule has 1 heterocycles. The molecule has 1 fully saturated rings. The summed E-state index contributed by atoms with van der Waals surface area (Å²) in [5.41, 5.74) is 2.55. The van der Waals surface area contributed by atoms with E-state index in [9.17, 15) is 13.2 Å². The standard InChI is InChI=1S/C20H24BrN3O3S/c1-16-14-18(8-9-19(16)21)24(28(2,26)27)15-20(25)23-12-10-22(11-13-23)17-6-4-3-5-7-17/h3-9,14H,10-13,15H2,1-2H3. The van der Waals surface area contributed by atoms with E-state index in [1.54, 1.807) is 23.1 Å². The number of halogens is 1. The number of aryl methyl sites for hydroxylation is 1. The molecule has 0 saturated carbocycles. The first-order valence-corrected chi connectivity index (χ1v) is 11.7. The van der Waals surface area contributed by atoms with Crippen molar-refractivity contribution >= 4 is 43.2 Å². The average Bonchev–Trinajstić information content (AvgIpc) is 2.68. The molecule has 3 rings (SSSR count). The highest BCUT2D eigenvalue weighted by Crippen LogP contribution is 2.25. The molecular weight excluding hydrogens is 442 g/mol. The van der Waals surface area contributed by atoms with Gasteiger partial charge in [-0.2, -0.15) is 0 Å². The third kappa shape index (κ3) is 4.86. The zero-order valence-corrected chi connectivity index (χ0v) is 18.4. The van der Waals surface area contributed by atoms with Gasteiger partial charge in [0.25, 0.3) is 0 Å². The van der Waals surface area contributed by atoms with Crippen molar-refractivity contribution in [3.8, 4) is 0 Å². The second kappa shape index (κ2) is 8.53. The molecule has 0 bridgehead atoms. The van der Waals surface area contributed by atoms with Gasteiger partial charge >= 0.3 is 0 Å². The minimum atomic E-state index is -3.57. The maximum absolute atomic E-state index is 12.8. The van der Waals surface area contributed by atoms with E-state index in [0.29, 0.717) is 18.8 Å². The third-order valence-electron chi connectivity index (χ3n) is 4.86. The second-order valence-electron chi connectivity index (χ2n) is 6.91. The molecule has 2 aromatic rings. The summed E-state index contributed by atoms with van der Waals surface area (Å²) in [5.74, 6) is -0.182. The molecule has 2 aromatic carbocycles. The Hall–Kier alpha value is -2.06. The van der Waals surface area contributed by atoms with Crippen LogP contribution in [0.25, 0.3) is 0 Å². The van der Waals surface area contributed by atoms with Crippen LogP contribution in [0, 0.1) is 6.92 Å². The molecular formula is C20H24BrN3O3S. The number of hydrogen-bond donors (Lipinski definition) is 0. The number of rotatable bonds is 5. The van der Waals surface area contributed by atoms with E-state index in [1.807, 2.05) is 25.1 Å². The van der Waals surface area contributed by atoms with Gasteiger partial charge in [-0.15, -0.1) is 0 Å². The summed E-state index contributed by atoms with van der Waals surface area (Å²) < 4.78 is 26.7. The highest BCUT2D eigenvalue weighted by Gasteiger charge is 2.26. The average molecular weight is 466 g/mol. The molecule has 6 nitrogen and oxygen atoms in total. The number of carbonyl (C=O) groups is 1. The number of carbonyl (C=O) groups excluding carboxylic acids is 1. The Bertz CT molecular complexity index is 942. The lowest BCUT2D eigenvalue weighted by Crippen LogP contribution is -2.52. The van der Waals surface area contributed by atoms with E-state index in [4.69, 9.17) is 0 Å². The second-order valence-corrected chi connectivity index (χ2v) is 9.67. The molecule has 0 atom stereocenters. The lowest BCUT2D eigenvalue weighted by molar-refractivity contribution is -0.129. The minimum Gasteiger partial charge on any atom is -0.368 e. The van der Waals surface area contributed by atoms with Crippen LogP contribution in [0.15, 0.2) is 53.0 Å². The Kier molecular flexibility index (Phi) is 6.30. The monoisotopic (exact) mass is 465 g/mol. The van der Waals surface area contributed by atoms with Gasteiger partial charge in [-0.25, -0.2) is 8.42 Å². The molecule has 0 aromatic heterocycles. The van der Waals surface area contributed by atoms with E-state index in [2.05, 4.69) is 33.0 Å². The van der Waals surface area contributed by atoms with Crippen LogP contribution in [0.3, 0.4) is 0 Å². The van der Waals surface area contributed by atoms with Gasteiger partial charge in [0.05, 0.1) is 11.9 Å². The first kappa shape index (κ1) is 20.7. The van der Waals surface area contributed by atoms with Gasteiger partial charge in [0, 0.05) is 36.3 Å². The number of anilines is 2. The molecule has 1 amide bonds. The van der Waals surface area contributed by atoms with Crippen molar-refractivity contribution in [2.45, 2.75) is 6.92 Å². The number of benzene rings is 2. The fourth-order valence-corrected chi connectivity index (χ4v) is 4.35. The van der Waals surface area contributed by atoms with Gasteiger partial charge in [0.15, 0.2) is 0 Å². The van der Waals surface area contributed by atoms with Crippen LogP contribution in [0.1, 0.15) is 5.56 Å². The number of sulfonamides is 1. The minimum absolute atomic E-state index is 0.182. The van der Waals surface area contributed by atoms with Gasteiger partial charge < -0.3 is 9.80 Å². The van der Waals surface area contributed by atoms with Crippen LogP contribution in [0.2, 0.25) is 0 Å². The molecule has 1 aliphatic heterocycles. The summed E-state index contributed by atoms with van der Waals surface area (Å²) >= 11 is 3.42. The largest absolute Gasteiger partial charge is 0.368 e. The van der Waals surface area contributed by atoms with Gasteiger partial charge in [-0.3, -0.25) is 9.10 Å². The van der Waals surface area contributed by atoms with Crippen molar-refractivity contribution in [3.63, 3.8) is 0 Å². The Balaban J connectivity index is 1.68. The molecule has 0 N–H and O–H groups in total. The Morgan fingerprint density at radius 2 is 1.71 bits per heavy atom. The molecule has 28 heavy (non-hydrogen) atoms. The molecule has 1 aliphatic rings. The predicted molar refractivity (Wildman–Crippen MR) is 116 cm³/mol. The van der Waals surface area contributed by atoms with Crippen LogP contribution >= 0.6 is 15.9 Å². The summed E-state index contributed by atoms with van der Waals surface area (Å²) in [4.78, 5) is 16.8. The molecule has 1 saturated heterocycles. The van der Waals surface area contributed by atoms with Gasteiger partial charge in [-0.05, 0) is 42.8 Å². The number of amides is 1. The Morgan fingerprint density at radius 1 is 1.07 bits per heavy atom. The quantitative estimate of drug-likeness (QED) is 0.680. The van der Waals surface area contributed by atoms with E-state index in [0.717, 1.165) is 35.1 Å². The number of hydrogen-bond acceptors (Lipinski definition) is 4. The van der Waals surface area contributed by atoms with Crippen molar-refractivity contribution in [2.75, 3.05) is 48.2 Å². The lowest BCUT2D eigenvalue weighted by atomic mass is 10.2. The van der Waals surface area contributed by atoms with Crippen LogP contribution in [-0.2, 0) is 14.8 Å². The summed E-state index contributed by atoms with van der Waals surface area (Å²) in [6, 6.07) is 15.4. The van der Waals surface area contributed by atoms with Crippen molar-refractivity contribution in [2.24, 2.45) is 0 Å². The topological polar surface area (TPSA) is 60.9 Å². The normalized spacial score (nSPS) is 14.8. The lowest BCUT2D eigenvalue weighted by Gasteiger charge is -2.37. The van der Waals surface area contributed by atoms with Crippen molar-refractivity contribution in [3.05, 3.63) is 58.6 Å². The van der Waals surface area contributed by atoms with E-state index in [1.165, 1.54) is 4.31 Å². The summed E-state index contributed by atoms with van der Waals surface area (Å²) in [6.45, 7) is 4.30. The molecule has 0 radical (unpaired) electrons. The predicted octanol–water partition coefficient (Wildman–Crippen LogP) is 2.87. The van der Waals surface area contributed by atoms with Crippen molar-refractivity contribution in [1.82, 2.24) is 4.90 Å². The smallest absolute Gasteiger partial charge is 0.243 e. The molecule has 150 valence electrons. The molecule has 0 spiro atoms. The summed E-state index contributed by atoms with van der Waals surface area (Å²) in [5, 5.41) is 0. The van der Waals surface area contributed by atoms with Gasteiger partial charge in [0.1, 0.15) is 6.54 Å². The number of nitrogens with zero attached hydrogens (tertiary/aromatic N) is 3. The van der Waals surface area contributed by atoms with E-state index >= 15 is 0 Å². The Labute approximate surface area is 174 Å². The van der Waals surface area contributed by atoms with E-state index in [-0.39, 0.29) is 12.5 Å². The Morgan fingerprint density at radius 3 is 2.29 bits per heavy atom. The van der Waals surface area contributed by atoms with Gasteiger partial charge in [-0.1, -0.05) is 34.1 Å². The fraction of sp³-hybridized carbons (Fsp3) is 0.350. The first-order chi connectivity index (χ1) is 13.3. The van der Waals surface area contributed by atoms with Crippen LogP contribution in [0.5, 0.6) is 0 Å². The third-order valence-corrected chi connectivity index (χ3v) is 6.89. The number of para-hydroxylation sites is 1. The highest BCUT2D eigenvalue weighted by atomic mass is 79.9.